The van der Waals surface area contributed by atoms with Gasteiger partial charge in [0.15, 0.2) is 0 Å². The Kier molecular flexibility index (Phi) is 6.64. The van der Waals surface area contributed by atoms with Crippen LogP contribution in [0, 0.1) is 0 Å². The van der Waals surface area contributed by atoms with Gasteiger partial charge < -0.3 is 11.1 Å². The van der Waals surface area contributed by atoms with Gasteiger partial charge in [0.2, 0.25) is 15.9 Å². The van der Waals surface area contributed by atoms with Gasteiger partial charge in [-0.15, -0.1) is 0 Å². The molecule has 1 aromatic rings. The Hall–Kier alpha value is -1.60. The van der Waals surface area contributed by atoms with Gasteiger partial charge >= 0.3 is 0 Å². The molecule has 21 heavy (non-hydrogen) atoms. The second-order valence-electron chi connectivity index (χ2n) is 4.68. The number of hydrogen-bond donors (Lipinski definition) is 2. The van der Waals surface area contributed by atoms with Gasteiger partial charge in [0.25, 0.3) is 0 Å². The van der Waals surface area contributed by atoms with Gasteiger partial charge in [0.1, 0.15) is 5.75 Å². The Labute approximate surface area is 126 Å². The first-order chi connectivity index (χ1) is 9.89. The Balaban J connectivity index is 2.42. The Bertz CT molecular complexity index is 551. The van der Waals surface area contributed by atoms with Gasteiger partial charge in [-0.05, 0) is 24.1 Å². The summed E-state index contributed by atoms with van der Waals surface area (Å²) in [6.45, 7) is 4.64. The zero-order valence-corrected chi connectivity index (χ0v) is 13.3. The third kappa shape index (κ3) is 5.73. The number of anilines is 1. The summed E-state index contributed by atoms with van der Waals surface area (Å²) in [6, 6.07) is 7.35. The van der Waals surface area contributed by atoms with Crippen molar-refractivity contribution in [2.45, 2.75) is 20.3 Å². The molecule has 0 saturated carbocycles. The predicted octanol–water partition coefficient (Wildman–Crippen LogP) is 0.599. The Morgan fingerprint density at radius 1 is 1.19 bits per heavy atom. The van der Waals surface area contributed by atoms with Gasteiger partial charge in [0, 0.05) is 25.3 Å². The van der Waals surface area contributed by atoms with Crippen LogP contribution < -0.4 is 11.1 Å². The summed E-state index contributed by atoms with van der Waals surface area (Å²) in [7, 11) is -3.52. The van der Waals surface area contributed by atoms with Crippen LogP contribution in [0.3, 0.4) is 0 Å². The average Bonchev–Trinajstić information content (AvgIpc) is 2.41. The monoisotopic (exact) mass is 313 g/mol. The molecule has 0 radical (unpaired) electrons. The lowest BCUT2D eigenvalue weighted by atomic mass is 10.1. The van der Waals surface area contributed by atoms with E-state index in [0.29, 0.717) is 31.7 Å². The molecule has 0 fully saturated rings. The number of amides is 1. The summed E-state index contributed by atoms with van der Waals surface area (Å²) in [5, 5.41) is 2.63. The standard InChI is InChI=1S/C14H23N3O3S/c1-3-17(4-2)21(19,20)11-14(18)16-10-9-12-5-7-13(15)8-6-12/h5-8H,3-4,9-11,15H2,1-2H3,(H,16,18). The highest BCUT2D eigenvalue weighted by Gasteiger charge is 2.22. The zero-order chi connectivity index (χ0) is 15.9. The van der Waals surface area contributed by atoms with E-state index in [0.717, 1.165) is 5.56 Å². The van der Waals surface area contributed by atoms with Crippen molar-refractivity contribution in [3.63, 3.8) is 0 Å². The maximum Gasteiger partial charge on any atom is 0.236 e. The normalized spacial score (nSPS) is 11.6. The van der Waals surface area contributed by atoms with Crippen molar-refractivity contribution >= 4 is 21.6 Å². The Morgan fingerprint density at radius 2 is 1.76 bits per heavy atom. The van der Waals surface area contributed by atoms with Crippen LogP contribution in [-0.4, -0.2) is 44.0 Å². The molecule has 0 bridgehead atoms. The van der Waals surface area contributed by atoms with Crippen molar-refractivity contribution in [3.05, 3.63) is 29.8 Å². The second-order valence-corrected chi connectivity index (χ2v) is 6.65. The zero-order valence-electron chi connectivity index (χ0n) is 12.5. The van der Waals surface area contributed by atoms with Crippen LogP contribution in [0.4, 0.5) is 5.69 Å². The number of nitrogen functional groups attached to an aromatic ring is 1. The van der Waals surface area contributed by atoms with Gasteiger partial charge in [-0.25, -0.2) is 12.7 Å². The van der Waals surface area contributed by atoms with Crippen LogP contribution >= 0.6 is 0 Å². The van der Waals surface area contributed by atoms with E-state index >= 15 is 0 Å². The fourth-order valence-corrected chi connectivity index (χ4v) is 3.36. The van der Waals surface area contributed by atoms with E-state index in [2.05, 4.69) is 5.32 Å². The highest BCUT2D eigenvalue weighted by Crippen LogP contribution is 2.05. The fraction of sp³-hybridized carbons (Fsp3) is 0.500. The lowest BCUT2D eigenvalue weighted by Gasteiger charge is -2.17. The van der Waals surface area contributed by atoms with Crippen LogP contribution in [0.1, 0.15) is 19.4 Å². The van der Waals surface area contributed by atoms with Crippen molar-refractivity contribution in [1.82, 2.24) is 9.62 Å². The van der Waals surface area contributed by atoms with Crippen LogP contribution in [0.5, 0.6) is 0 Å². The maximum absolute atomic E-state index is 11.9. The van der Waals surface area contributed by atoms with Crippen molar-refractivity contribution in [1.29, 1.82) is 0 Å². The maximum atomic E-state index is 11.9. The third-order valence-electron chi connectivity index (χ3n) is 3.13. The molecule has 0 heterocycles. The van der Waals surface area contributed by atoms with Gasteiger partial charge in [0.05, 0.1) is 0 Å². The molecular weight excluding hydrogens is 290 g/mol. The number of rotatable bonds is 8. The number of carbonyl (C=O) groups is 1. The highest BCUT2D eigenvalue weighted by atomic mass is 32.2. The van der Waals surface area contributed by atoms with Crippen LogP contribution in [0.2, 0.25) is 0 Å². The van der Waals surface area contributed by atoms with E-state index < -0.39 is 21.7 Å². The predicted molar refractivity (Wildman–Crippen MR) is 84.3 cm³/mol. The molecule has 6 nitrogen and oxygen atoms in total. The van der Waals surface area contributed by atoms with E-state index in [4.69, 9.17) is 5.73 Å². The minimum Gasteiger partial charge on any atom is -0.399 e. The van der Waals surface area contributed by atoms with E-state index in [1.165, 1.54) is 4.31 Å². The molecular formula is C14H23N3O3S. The summed E-state index contributed by atoms with van der Waals surface area (Å²) < 4.78 is 25.1. The quantitative estimate of drug-likeness (QED) is 0.687. The molecule has 0 atom stereocenters. The lowest BCUT2D eigenvalue weighted by molar-refractivity contribution is -0.118. The minimum absolute atomic E-state index is 0.373. The number of nitrogens with two attached hydrogens (primary N) is 1. The third-order valence-corrected chi connectivity index (χ3v) is 5.06. The van der Waals surface area contributed by atoms with Crippen LogP contribution in [-0.2, 0) is 21.2 Å². The van der Waals surface area contributed by atoms with Crippen molar-refractivity contribution < 1.29 is 13.2 Å². The minimum atomic E-state index is -3.52. The number of hydrogen-bond acceptors (Lipinski definition) is 4. The van der Waals surface area contributed by atoms with E-state index in [9.17, 15) is 13.2 Å². The molecule has 3 N–H and O–H groups in total. The van der Waals surface area contributed by atoms with Crippen molar-refractivity contribution in [2.75, 3.05) is 31.1 Å². The fourth-order valence-electron chi connectivity index (χ4n) is 1.96. The summed E-state index contributed by atoms with van der Waals surface area (Å²) in [5.74, 6) is -0.978. The first kappa shape index (κ1) is 17.5. The largest absolute Gasteiger partial charge is 0.399 e. The molecule has 118 valence electrons. The van der Waals surface area contributed by atoms with E-state index in [-0.39, 0.29) is 0 Å². The van der Waals surface area contributed by atoms with Crippen molar-refractivity contribution in [2.24, 2.45) is 0 Å². The Morgan fingerprint density at radius 3 is 2.29 bits per heavy atom. The topological polar surface area (TPSA) is 92.5 Å². The molecule has 1 amide bonds. The summed E-state index contributed by atoms with van der Waals surface area (Å²) in [4.78, 5) is 11.7. The van der Waals surface area contributed by atoms with E-state index in [1.807, 2.05) is 12.1 Å². The van der Waals surface area contributed by atoms with Gasteiger partial charge in [-0.1, -0.05) is 26.0 Å². The number of nitrogens with zero attached hydrogens (tertiary/aromatic N) is 1. The molecule has 1 rings (SSSR count). The van der Waals surface area contributed by atoms with Crippen molar-refractivity contribution in [3.8, 4) is 0 Å². The molecule has 7 heteroatoms. The smallest absolute Gasteiger partial charge is 0.236 e. The van der Waals surface area contributed by atoms with E-state index in [1.54, 1.807) is 26.0 Å². The molecule has 0 unspecified atom stereocenters. The number of sulfonamides is 1. The summed E-state index contributed by atoms with van der Waals surface area (Å²) in [6.07, 6.45) is 0.636. The first-order valence-corrected chi connectivity index (χ1v) is 8.59. The SMILES string of the molecule is CCN(CC)S(=O)(=O)CC(=O)NCCc1ccc(N)cc1. The lowest BCUT2D eigenvalue weighted by Crippen LogP contribution is -2.39. The average molecular weight is 313 g/mol. The summed E-state index contributed by atoms with van der Waals surface area (Å²) >= 11 is 0. The number of carbonyl (C=O) groups excluding carboxylic acids is 1. The number of nitrogens with one attached hydrogen (secondary N) is 1. The van der Waals surface area contributed by atoms with Gasteiger partial charge in [-0.2, -0.15) is 0 Å². The van der Waals surface area contributed by atoms with Crippen LogP contribution in [0.25, 0.3) is 0 Å². The summed E-state index contributed by atoms with van der Waals surface area (Å²) in [5.41, 5.74) is 7.31. The first-order valence-electron chi connectivity index (χ1n) is 6.98. The number of benzene rings is 1. The molecule has 0 aliphatic heterocycles. The van der Waals surface area contributed by atoms with Crippen LogP contribution in [0.15, 0.2) is 24.3 Å². The molecule has 0 aliphatic rings. The molecule has 1 aromatic carbocycles. The molecule has 0 aromatic heterocycles. The second kappa shape index (κ2) is 7.99. The van der Waals surface area contributed by atoms with Gasteiger partial charge in [-0.3, -0.25) is 4.79 Å². The molecule has 0 spiro atoms. The highest BCUT2D eigenvalue weighted by molar-refractivity contribution is 7.89. The molecule has 0 aliphatic carbocycles. The molecule has 0 saturated heterocycles.